The van der Waals surface area contributed by atoms with Gasteiger partial charge in [-0.3, -0.25) is 14.7 Å². The summed E-state index contributed by atoms with van der Waals surface area (Å²) < 4.78 is 1.04. The number of carboxylic acids is 1. The van der Waals surface area contributed by atoms with Crippen LogP contribution in [0.2, 0.25) is 0 Å². The Morgan fingerprint density at radius 3 is 2.28 bits per heavy atom. The van der Waals surface area contributed by atoms with Crippen LogP contribution in [-0.4, -0.2) is 26.6 Å². The van der Waals surface area contributed by atoms with Gasteiger partial charge < -0.3 is 5.11 Å². The van der Waals surface area contributed by atoms with E-state index in [0.717, 1.165) is 11.6 Å². The van der Waals surface area contributed by atoms with Crippen molar-refractivity contribution >= 4 is 11.8 Å². The van der Waals surface area contributed by atoms with E-state index in [0.29, 0.717) is 5.69 Å². The molecule has 2 aromatic rings. The first kappa shape index (κ1) is 11.8. The third-order valence-corrected chi connectivity index (χ3v) is 2.47. The molecule has 2 N–H and O–H groups in total. The molecule has 0 aliphatic heterocycles. The minimum Gasteiger partial charge on any atom is -0.477 e. The normalized spacial score (nSPS) is 10.3. The van der Waals surface area contributed by atoms with Crippen LogP contribution in [0.1, 0.15) is 27.8 Å². The molecule has 0 spiro atoms. The Morgan fingerprint density at radius 2 is 1.83 bits per heavy atom. The van der Waals surface area contributed by atoms with Crippen LogP contribution in [0.5, 0.6) is 0 Å². The van der Waals surface area contributed by atoms with E-state index in [9.17, 15) is 14.4 Å². The fraction of sp³-hybridized carbons (Fsp3) is 0.0833. The van der Waals surface area contributed by atoms with E-state index in [2.05, 4.69) is 5.10 Å². The summed E-state index contributed by atoms with van der Waals surface area (Å²) >= 11 is 0. The van der Waals surface area contributed by atoms with Crippen LogP contribution < -0.4 is 5.56 Å². The van der Waals surface area contributed by atoms with Crippen LogP contribution >= 0.6 is 0 Å². The monoisotopic (exact) mass is 246 g/mol. The molecule has 0 fully saturated rings. The number of nitrogens with one attached hydrogen (secondary N) is 1. The van der Waals surface area contributed by atoms with Crippen LogP contribution in [-0.2, 0) is 0 Å². The summed E-state index contributed by atoms with van der Waals surface area (Å²) in [4.78, 5) is 34.3. The number of aromatic amines is 1. The highest BCUT2D eigenvalue weighted by molar-refractivity contribution is 6.03. The highest BCUT2D eigenvalue weighted by atomic mass is 16.4. The number of carbonyl (C=O) groups excluding carboxylic acids is 1. The number of nitrogens with zero attached hydrogens (tertiary/aromatic N) is 1. The fourth-order valence-corrected chi connectivity index (χ4v) is 1.68. The van der Waals surface area contributed by atoms with Crippen molar-refractivity contribution < 1.29 is 14.7 Å². The third kappa shape index (κ3) is 1.84. The largest absolute Gasteiger partial charge is 0.477 e. The summed E-state index contributed by atoms with van der Waals surface area (Å²) in [5.74, 6) is -1.92. The van der Waals surface area contributed by atoms with Gasteiger partial charge in [0.15, 0.2) is 11.5 Å². The van der Waals surface area contributed by atoms with Gasteiger partial charge in [0.05, 0.1) is 5.69 Å². The molecular formula is C12H10N2O4. The average Bonchev–Trinajstić information content (AvgIpc) is 2.68. The summed E-state index contributed by atoms with van der Waals surface area (Å²) in [5, 5.41) is 11.4. The van der Waals surface area contributed by atoms with Crippen LogP contribution in [0.25, 0.3) is 5.69 Å². The maximum atomic E-state index is 12.0. The van der Waals surface area contributed by atoms with Crippen molar-refractivity contribution in [1.29, 1.82) is 0 Å². The van der Waals surface area contributed by atoms with Crippen molar-refractivity contribution in [1.82, 2.24) is 9.78 Å². The predicted molar refractivity (Wildman–Crippen MR) is 63.4 cm³/mol. The predicted octanol–water partition coefficient (Wildman–Crippen LogP) is 1.07. The van der Waals surface area contributed by atoms with Crippen molar-refractivity contribution in [2.75, 3.05) is 0 Å². The van der Waals surface area contributed by atoms with E-state index in [-0.39, 0.29) is 5.56 Å². The van der Waals surface area contributed by atoms with E-state index >= 15 is 0 Å². The van der Waals surface area contributed by atoms with Crippen molar-refractivity contribution in [3.05, 3.63) is 51.9 Å². The fourth-order valence-electron chi connectivity index (χ4n) is 1.68. The molecule has 0 aliphatic rings. The van der Waals surface area contributed by atoms with E-state index in [4.69, 9.17) is 5.11 Å². The molecule has 1 heterocycles. The Morgan fingerprint density at radius 1 is 1.22 bits per heavy atom. The summed E-state index contributed by atoms with van der Waals surface area (Å²) in [7, 11) is 0. The van der Waals surface area contributed by atoms with Gasteiger partial charge >= 0.3 is 5.97 Å². The molecule has 1 aromatic carbocycles. The van der Waals surface area contributed by atoms with Crippen LogP contribution in [0, 0.1) is 0 Å². The van der Waals surface area contributed by atoms with Crippen molar-refractivity contribution in [2.45, 2.75) is 6.92 Å². The Kier molecular flexibility index (Phi) is 2.85. The number of benzene rings is 1. The first-order valence-electron chi connectivity index (χ1n) is 5.17. The third-order valence-electron chi connectivity index (χ3n) is 2.47. The standard InChI is InChI=1S/C12H10N2O4/c1-7(15)9-10(12(17)18)13-14(11(9)16)8-5-3-2-4-6-8/h2-6,13H,1H3,(H,17,18). The number of rotatable bonds is 3. The number of hydrogen-bond acceptors (Lipinski definition) is 3. The molecule has 92 valence electrons. The number of para-hydroxylation sites is 1. The Balaban J connectivity index is 2.73. The number of carbonyl (C=O) groups is 2. The zero-order chi connectivity index (χ0) is 13.3. The smallest absolute Gasteiger partial charge is 0.354 e. The maximum Gasteiger partial charge on any atom is 0.354 e. The molecule has 0 aliphatic carbocycles. The van der Waals surface area contributed by atoms with Crippen molar-refractivity contribution in [2.24, 2.45) is 0 Å². The number of H-pyrrole nitrogens is 1. The quantitative estimate of drug-likeness (QED) is 0.792. The lowest BCUT2D eigenvalue weighted by Crippen LogP contribution is -2.19. The lowest BCUT2D eigenvalue weighted by Gasteiger charge is -1.99. The number of Topliss-reactive ketones (excluding diaryl/α,β-unsaturated/α-hetero) is 1. The van der Waals surface area contributed by atoms with Gasteiger partial charge in [0, 0.05) is 0 Å². The first-order chi connectivity index (χ1) is 8.52. The van der Waals surface area contributed by atoms with Crippen molar-refractivity contribution in [3.8, 4) is 5.69 Å². The molecule has 0 unspecified atom stereocenters. The number of aromatic carboxylic acids is 1. The molecule has 18 heavy (non-hydrogen) atoms. The SMILES string of the molecule is CC(=O)c1c(C(=O)O)[nH]n(-c2ccccc2)c1=O. The van der Waals surface area contributed by atoms with Crippen molar-refractivity contribution in [3.63, 3.8) is 0 Å². The second-order valence-electron chi connectivity index (χ2n) is 3.70. The molecule has 6 heteroatoms. The molecule has 2 rings (SSSR count). The van der Waals surface area contributed by atoms with Crippen LogP contribution in [0.15, 0.2) is 35.1 Å². The van der Waals surface area contributed by atoms with E-state index in [1.807, 2.05) is 0 Å². The molecule has 1 aromatic heterocycles. The minimum absolute atomic E-state index is 0.341. The molecule has 0 atom stereocenters. The van der Waals surface area contributed by atoms with Crippen LogP contribution in [0.3, 0.4) is 0 Å². The van der Waals surface area contributed by atoms with E-state index < -0.39 is 23.0 Å². The van der Waals surface area contributed by atoms with Gasteiger partial charge in [0.2, 0.25) is 0 Å². The molecule has 0 saturated heterocycles. The Hall–Kier alpha value is -2.63. The molecule has 0 bridgehead atoms. The lowest BCUT2D eigenvalue weighted by molar-refractivity contribution is 0.0685. The van der Waals surface area contributed by atoms with Gasteiger partial charge in [-0.25, -0.2) is 9.48 Å². The topological polar surface area (TPSA) is 92.2 Å². The summed E-state index contributed by atoms with van der Waals surface area (Å²) in [6.07, 6.45) is 0. The van der Waals surface area contributed by atoms with Crippen LogP contribution in [0.4, 0.5) is 0 Å². The van der Waals surface area contributed by atoms with Gasteiger partial charge in [-0.1, -0.05) is 18.2 Å². The summed E-state index contributed by atoms with van der Waals surface area (Å²) in [5.41, 5.74) is -0.925. The average molecular weight is 246 g/mol. The molecule has 0 radical (unpaired) electrons. The number of hydrogen-bond donors (Lipinski definition) is 2. The molecule has 0 amide bonds. The highest BCUT2D eigenvalue weighted by Crippen LogP contribution is 2.08. The summed E-state index contributed by atoms with van der Waals surface area (Å²) in [6, 6.07) is 8.44. The highest BCUT2D eigenvalue weighted by Gasteiger charge is 2.23. The number of carboxylic acid groups (broad SMARTS) is 1. The van der Waals surface area contributed by atoms with Gasteiger partial charge in [-0.15, -0.1) is 0 Å². The van der Waals surface area contributed by atoms with Gasteiger partial charge in [0.25, 0.3) is 5.56 Å². The Bertz CT molecular complexity index is 667. The molecular weight excluding hydrogens is 236 g/mol. The molecule has 0 saturated carbocycles. The lowest BCUT2D eigenvalue weighted by atomic mass is 10.2. The minimum atomic E-state index is -1.34. The van der Waals surface area contributed by atoms with E-state index in [1.165, 1.54) is 0 Å². The number of ketones is 1. The second-order valence-corrected chi connectivity index (χ2v) is 3.70. The number of aromatic nitrogens is 2. The first-order valence-corrected chi connectivity index (χ1v) is 5.17. The zero-order valence-corrected chi connectivity index (χ0v) is 9.51. The molecule has 6 nitrogen and oxygen atoms in total. The summed E-state index contributed by atoms with van der Waals surface area (Å²) in [6.45, 7) is 1.16. The van der Waals surface area contributed by atoms with E-state index in [1.54, 1.807) is 30.3 Å². The zero-order valence-electron chi connectivity index (χ0n) is 9.51. The Labute approximate surface area is 101 Å². The van der Waals surface area contributed by atoms with Gasteiger partial charge in [0.1, 0.15) is 5.56 Å². The van der Waals surface area contributed by atoms with Gasteiger partial charge in [-0.2, -0.15) is 0 Å². The van der Waals surface area contributed by atoms with Gasteiger partial charge in [-0.05, 0) is 19.1 Å². The second kappa shape index (κ2) is 4.33. The maximum absolute atomic E-state index is 12.0.